The van der Waals surface area contributed by atoms with Crippen molar-refractivity contribution in [3.05, 3.63) is 101 Å². The van der Waals surface area contributed by atoms with Gasteiger partial charge in [0, 0.05) is 11.0 Å². The highest BCUT2D eigenvalue weighted by Crippen LogP contribution is 2.31. The number of thioether (sulfide) groups is 1. The Kier molecular flexibility index (Phi) is 6.13. The van der Waals surface area contributed by atoms with Gasteiger partial charge in [-0.3, -0.25) is 15.1 Å². The monoisotopic (exact) mass is 456 g/mol. The SMILES string of the molecule is CCCSC1=NN2C(=c3ccccc3=N[C@@H]2c2ccc(OCc3ccccc3)cc2)C(=O)N1. The zero-order valence-corrected chi connectivity index (χ0v) is 19.1. The van der Waals surface area contributed by atoms with Crippen LogP contribution in [0.2, 0.25) is 0 Å². The molecule has 2 heterocycles. The number of carbonyl (C=O) groups excluding carboxylic acids is 1. The number of hydrogen-bond acceptors (Lipinski definition) is 6. The minimum atomic E-state index is -0.429. The van der Waals surface area contributed by atoms with Crippen molar-refractivity contribution < 1.29 is 9.53 Å². The molecule has 0 spiro atoms. The number of amidine groups is 1. The van der Waals surface area contributed by atoms with E-state index in [0.29, 0.717) is 17.5 Å². The first-order chi connectivity index (χ1) is 16.2. The lowest BCUT2D eigenvalue weighted by Crippen LogP contribution is -2.50. The van der Waals surface area contributed by atoms with Crippen LogP contribution in [0.15, 0.2) is 89.0 Å². The molecule has 2 aliphatic rings. The van der Waals surface area contributed by atoms with E-state index in [-0.39, 0.29) is 5.91 Å². The Morgan fingerprint density at radius 3 is 2.55 bits per heavy atom. The predicted octanol–water partition coefficient (Wildman–Crippen LogP) is 3.55. The lowest BCUT2D eigenvalue weighted by molar-refractivity contribution is -0.116. The molecule has 0 saturated heterocycles. The van der Waals surface area contributed by atoms with E-state index < -0.39 is 6.17 Å². The third-order valence-corrected chi connectivity index (χ3v) is 6.45. The second-order valence-corrected chi connectivity index (χ2v) is 8.85. The molecular formula is C26H24N4O2S. The van der Waals surface area contributed by atoms with Crippen LogP contribution in [0.25, 0.3) is 5.70 Å². The summed E-state index contributed by atoms with van der Waals surface area (Å²) in [5.41, 5.74) is 2.58. The standard InChI is InChI=1S/C26H24N4O2S/c1-2-16-33-26-28-25(31)23-21-10-6-7-11-22(21)27-24(30(23)29-26)19-12-14-20(15-13-19)32-17-18-8-4-3-5-9-18/h3-15,24H,2,16-17H2,1H3,(H,28,29,31)/t24-/m0/s1. The third-order valence-electron chi connectivity index (χ3n) is 5.38. The first-order valence-corrected chi connectivity index (χ1v) is 12.0. The zero-order valence-electron chi connectivity index (χ0n) is 18.3. The van der Waals surface area contributed by atoms with Gasteiger partial charge >= 0.3 is 0 Å². The summed E-state index contributed by atoms with van der Waals surface area (Å²) in [5, 5.41) is 11.6. The fourth-order valence-corrected chi connectivity index (χ4v) is 4.49. The van der Waals surface area contributed by atoms with E-state index in [0.717, 1.165) is 39.6 Å². The quantitative estimate of drug-likeness (QED) is 0.616. The van der Waals surface area contributed by atoms with Crippen LogP contribution in [0.4, 0.5) is 0 Å². The van der Waals surface area contributed by atoms with Gasteiger partial charge in [-0.2, -0.15) is 0 Å². The van der Waals surface area contributed by atoms with E-state index >= 15 is 0 Å². The van der Waals surface area contributed by atoms with Crippen LogP contribution < -0.4 is 20.6 Å². The van der Waals surface area contributed by atoms with Gasteiger partial charge in [0.25, 0.3) is 5.91 Å². The number of fused-ring (bicyclic) bond motifs is 2. The topological polar surface area (TPSA) is 66.3 Å². The van der Waals surface area contributed by atoms with Crippen LogP contribution in [0.1, 0.15) is 30.6 Å². The summed E-state index contributed by atoms with van der Waals surface area (Å²) in [5.74, 6) is 1.51. The van der Waals surface area contributed by atoms with Crippen molar-refractivity contribution in [1.82, 2.24) is 10.3 Å². The summed E-state index contributed by atoms with van der Waals surface area (Å²) >= 11 is 1.54. The molecule has 0 unspecified atom stereocenters. The number of rotatable bonds is 6. The zero-order chi connectivity index (χ0) is 22.6. The molecule has 1 amide bonds. The maximum absolute atomic E-state index is 13.1. The van der Waals surface area contributed by atoms with Crippen LogP contribution in [0.3, 0.4) is 0 Å². The Labute approximate surface area is 196 Å². The molecule has 2 aliphatic heterocycles. The fraction of sp³-hybridized carbons (Fsp3) is 0.192. The second kappa shape index (κ2) is 9.50. The van der Waals surface area contributed by atoms with Crippen LogP contribution in [0, 0.1) is 0 Å². The highest BCUT2D eigenvalue weighted by molar-refractivity contribution is 8.13. The Bertz CT molecular complexity index is 1310. The first kappa shape index (κ1) is 21.3. The van der Waals surface area contributed by atoms with E-state index in [1.807, 2.05) is 78.9 Å². The number of hydrogen-bond donors (Lipinski definition) is 1. The van der Waals surface area contributed by atoms with Gasteiger partial charge in [-0.05, 0) is 35.7 Å². The molecule has 0 bridgehead atoms. The molecule has 0 saturated carbocycles. The Morgan fingerprint density at radius 2 is 1.76 bits per heavy atom. The Morgan fingerprint density at radius 1 is 1.00 bits per heavy atom. The summed E-state index contributed by atoms with van der Waals surface area (Å²) in [7, 11) is 0. The summed E-state index contributed by atoms with van der Waals surface area (Å²) in [6.45, 7) is 2.61. The van der Waals surface area contributed by atoms with E-state index in [1.54, 1.807) is 16.8 Å². The van der Waals surface area contributed by atoms with Gasteiger partial charge in [0.05, 0.1) is 5.36 Å². The minimum Gasteiger partial charge on any atom is -0.489 e. The molecule has 3 aromatic carbocycles. The number of nitrogens with zero attached hydrogens (tertiary/aromatic N) is 3. The van der Waals surface area contributed by atoms with Gasteiger partial charge in [0.2, 0.25) is 0 Å². The average molecular weight is 457 g/mol. The van der Waals surface area contributed by atoms with Crippen molar-refractivity contribution in [1.29, 1.82) is 0 Å². The van der Waals surface area contributed by atoms with Crippen LogP contribution >= 0.6 is 11.8 Å². The van der Waals surface area contributed by atoms with Gasteiger partial charge in [0.1, 0.15) is 18.1 Å². The molecule has 3 aromatic rings. The van der Waals surface area contributed by atoms with Crippen LogP contribution in [-0.2, 0) is 11.4 Å². The molecule has 1 N–H and O–H groups in total. The molecule has 5 rings (SSSR count). The smallest absolute Gasteiger partial charge is 0.276 e. The largest absolute Gasteiger partial charge is 0.489 e. The molecule has 0 fully saturated rings. The van der Waals surface area contributed by atoms with Crippen molar-refractivity contribution in [2.75, 3.05) is 5.75 Å². The van der Waals surface area contributed by atoms with Crippen LogP contribution in [-0.4, -0.2) is 21.8 Å². The Hall–Kier alpha value is -3.58. The van der Waals surface area contributed by atoms with E-state index in [4.69, 9.17) is 14.8 Å². The maximum Gasteiger partial charge on any atom is 0.276 e. The molecule has 33 heavy (non-hydrogen) atoms. The van der Waals surface area contributed by atoms with Crippen molar-refractivity contribution in [3.63, 3.8) is 0 Å². The Balaban J connectivity index is 1.46. The molecule has 7 heteroatoms. The van der Waals surface area contributed by atoms with Crippen molar-refractivity contribution in [2.24, 2.45) is 10.1 Å². The van der Waals surface area contributed by atoms with Gasteiger partial charge < -0.3 is 4.74 Å². The van der Waals surface area contributed by atoms with Crippen molar-refractivity contribution in [2.45, 2.75) is 26.1 Å². The fourth-order valence-electron chi connectivity index (χ4n) is 3.79. The molecule has 166 valence electrons. The average Bonchev–Trinajstić information content (AvgIpc) is 2.86. The number of ether oxygens (including phenoxy) is 1. The predicted molar refractivity (Wildman–Crippen MR) is 131 cm³/mol. The number of hydrazone groups is 1. The molecule has 0 aliphatic carbocycles. The number of carbonyl (C=O) groups is 1. The number of amides is 1. The molecule has 6 nitrogen and oxygen atoms in total. The van der Waals surface area contributed by atoms with Crippen LogP contribution in [0.5, 0.6) is 5.75 Å². The van der Waals surface area contributed by atoms with E-state index in [1.165, 1.54) is 0 Å². The molecule has 1 atom stereocenters. The number of para-hydroxylation sites is 1. The van der Waals surface area contributed by atoms with Gasteiger partial charge in [0.15, 0.2) is 11.3 Å². The molecule has 0 aromatic heterocycles. The van der Waals surface area contributed by atoms with Crippen molar-refractivity contribution >= 4 is 28.5 Å². The number of benzene rings is 3. The lowest BCUT2D eigenvalue weighted by atomic mass is 10.1. The van der Waals surface area contributed by atoms with Gasteiger partial charge in [-0.25, -0.2) is 5.01 Å². The summed E-state index contributed by atoms with van der Waals surface area (Å²) in [4.78, 5) is 18.0. The highest BCUT2D eigenvalue weighted by atomic mass is 32.2. The third kappa shape index (κ3) is 4.50. The maximum atomic E-state index is 13.1. The summed E-state index contributed by atoms with van der Waals surface area (Å²) < 4.78 is 5.93. The summed E-state index contributed by atoms with van der Waals surface area (Å²) in [6, 6.07) is 25.6. The highest BCUT2D eigenvalue weighted by Gasteiger charge is 2.34. The second-order valence-electron chi connectivity index (χ2n) is 7.76. The normalized spacial score (nSPS) is 16.8. The number of nitrogens with one attached hydrogen (secondary N) is 1. The van der Waals surface area contributed by atoms with Gasteiger partial charge in [-0.1, -0.05) is 79.3 Å². The van der Waals surface area contributed by atoms with E-state index in [2.05, 4.69) is 12.2 Å². The summed E-state index contributed by atoms with van der Waals surface area (Å²) in [6.07, 6.45) is 0.568. The van der Waals surface area contributed by atoms with Gasteiger partial charge in [-0.15, -0.1) is 5.10 Å². The molecule has 0 radical (unpaired) electrons. The lowest BCUT2D eigenvalue weighted by Gasteiger charge is -2.34. The first-order valence-electron chi connectivity index (χ1n) is 11.0. The molecular weight excluding hydrogens is 432 g/mol. The van der Waals surface area contributed by atoms with Crippen molar-refractivity contribution in [3.8, 4) is 5.75 Å². The minimum absolute atomic E-state index is 0.154. The van der Waals surface area contributed by atoms with E-state index in [9.17, 15) is 4.79 Å².